The number of aromatic amines is 1. The number of aromatic nitrogens is 2. The fraction of sp³-hybridized carbons (Fsp3) is 0.200. The number of nitrogens with zero attached hydrogens (tertiary/aromatic N) is 1. The second-order valence-electron chi connectivity index (χ2n) is 10.7. The lowest BCUT2D eigenvalue weighted by Gasteiger charge is -2.34. The minimum Gasteiger partial charge on any atom is -0.450 e. The molecule has 10 heteroatoms. The van der Waals surface area contributed by atoms with Gasteiger partial charge in [0.25, 0.3) is 0 Å². The highest BCUT2D eigenvalue weighted by Gasteiger charge is 2.40. The third-order valence-corrected chi connectivity index (χ3v) is 9.58. The maximum atomic E-state index is 12.8. The number of aryl methyl sites for hydroxylation is 1. The van der Waals surface area contributed by atoms with Gasteiger partial charge in [0.05, 0.1) is 0 Å². The van der Waals surface area contributed by atoms with Crippen LogP contribution in [0.15, 0.2) is 126 Å². The molecule has 0 saturated heterocycles. The molecule has 3 N–H and O–H groups in total. The number of nitrogens with one attached hydrogen (secondary N) is 2. The van der Waals surface area contributed by atoms with Crippen molar-refractivity contribution in [3.05, 3.63) is 160 Å². The molecule has 0 aliphatic heterocycles. The van der Waals surface area contributed by atoms with E-state index in [1.165, 1.54) is 0 Å². The first-order valence-corrected chi connectivity index (χ1v) is 17.0. The van der Waals surface area contributed by atoms with Gasteiger partial charge in [-0.1, -0.05) is 119 Å². The van der Waals surface area contributed by atoms with Crippen molar-refractivity contribution in [3.8, 4) is 0 Å². The largest absolute Gasteiger partial charge is 0.506 e. The molecule has 5 aromatic rings. The molecule has 232 valence electrons. The summed E-state index contributed by atoms with van der Waals surface area (Å²) in [7, 11) is -3.81. The second-order valence-corrected chi connectivity index (χ2v) is 13.5. The first-order chi connectivity index (χ1) is 21.8. The van der Waals surface area contributed by atoms with Crippen molar-refractivity contribution in [1.82, 2.24) is 14.7 Å². The molecule has 0 radical (unpaired) electrons. The summed E-state index contributed by atoms with van der Waals surface area (Å²) in [6.07, 6.45) is 0.489. The van der Waals surface area contributed by atoms with Gasteiger partial charge in [-0.15, -0.1) is 0 Å². The number of hydrogen-bond acceptors (Lipinski definition) is 5. The van der Waals surface area contributed by atoms with E-state index < -0.39 is 33.5 Å². The van der Waals surface area contributed by atoms with Crippen LogP contribution in [0.2, 0.25) is 0 Å². The smallest absolute Gasteiger partial charge is 0.450 e. The Kier molecular flexibility index (Phi) is 10.5. The summed E-state index contributed by atoms with van der Waals surface area (Å²) in [5, 5.41) is 9.29. The van der Waals surface area contributed by atoms with E-state index >= 15 is 0 Å². The Hall–Kier alpha value is -4.25. The van der Waals surface area contributed by atoms with Crippen LogP contribution < -0.4 is 4.72 Å². The minimum atomic E-state index is -3.81. The van der Waals surface area contributed by atoms with E-state index in [2.05, 4.69) is 62.0 Å². The summed E-state index contributed by atoms with van der Waals surface area (Å²) < 4.78 is 34.0. The summed E-state index contributed by atoms with van der Waals surface area (Å²) >= 11 is 3.36. The number of carboxylic acid groups (broad SMARTS) is 1. The Labute approximate surface area is 271 Å². The molecule has 0 fully saturated rings. The van der Waals surface area contributed by atoms with E-state index in [4.69, 9.17) is 9.72 Å². The molecule has 0 saturated carbocycles. The number of H-pyrrole nitrogens is 1. The average Bonchev–Trinajstić information content (AvgIpc) is 3.51. The minimum absolute atomic E-state index is 0.0956. The van der Waals surface area contributed by atoms with Crippen LogP contribution in [0.1, 0.15) is 46.6 Å². The molecule has 1 aromatic heterocycles. The number of hydrogen-bond donors (Lipinski definition) is 3. The molecule has 0 amide bonds. The summed E-state index contributed by atoms with van der Waals surface area (Å²) in [6, 6.07) is 37.9. The lowest BCUT2D eigenvalue weighted by molar-refractivity contribution is 0.0562. The Balaban J connectivity index is 1.34. The Bertz CT molecular complexity index is 1690. The number of ether oxygens (including phenoxy) is 1. The lowest BCUT2D eigenvalue weighted by atomic mass is 9.69. The van der Waals surface area contributed by atoms with Crippen LogP contribution in [-0.2, 0) is 33.1 Å². The lowest BCUT2D eigenvalue weighted by Crippen LogP contribution is -2.34. The van der Waals surface area contributed by atoms with Crippen LogP contribution in [-0.4, -0.2) is 41.5 Å². The number of carbonyl (C=O) groups is 1. The number of imidazole rings is 1. The van der Waals surface area contributed by atoms with Crippen molar-refractivity contribution in [2.75, 3.05) is 5.75 Å². The molecule has 0 aliphatic rings. The van der Waals surface area contributed by atoms with Gasteiger partial charge in [-0.3, -0.25) is 0 Å². The van der Waals surface area contributed by atoms with Crippen LogP contribution >= 0.6 is 15.9 Å². The van der Waals surface area contributed by atoms with E-state index in [0.717, 1.165) is 38.2 Å². The number of benzene rings is 4. The summed E-state index contributed by atoms with van der Waals surface area (Å²) in [4.78, 5) is 19.8. The first kappa shape index (κ1) is 32.2. The van der Waals surface area contributed by atoms with Crippen molar-refractivity contribution in [3.63, 3.8) is 0 Å². The Morgan fingerprint density at radius 2 is 1.40 bits per heavy atom. The summed E-state index contributed by atoms with van der Waals surface area (Å²) in [5.74, 6) is 0.280. The standard InChI is InChI=1S/C35H34BrN3O5S/c36-30-21-19-26(20-22-30)23-38-45(42,43)25-32(44-34(40)41)18-10-17-31-24-37-33(39-31)35(27-11-4-1-5-12-27,28-13-6-2-7-14-28)29-15-8-3-9-16-29/h1-9,11-16,19-22,24,32,38H,10,17-18,23,25H2,(H,37,39)(H,40,41). The van der Waals surface area contributed by atoms with Gasteiger partial charge in [-0.2, -0.15) is 0 Å². The van der Waals surface area contributed by atoms with Gasteiger partial charge in [-0.05, 0) is 53.6 Å². The van der Waals surface area contributed by atoms with Crippen molar-refractivity contribution in [2.24, 2.45) is 0 Å². The van der Waals surface area contributed by atoms with Crippen LogP contribution in [0.4, 0.5) is 4.79 Å². The highest BCUT2D eigenvalue weighted by Crippen LogP contribution is 2.43. The van der Waals surface area contributed by atoms with Crippen molar-refractivity contribution in [2.45, 2.75) is 37.3 Å². The van der Waals surface area contributed by atoms with Gasteiger partial charge in [0.15, 0.2) is 0 Å². The molecular weight excluding hydrogens is 654 g/mol. The molecule has 0 aliphatic carbocycles. The van der Waals surface area contributed by atoms with Crippen LogP contribution in [0.3, 0.4) is 0 Å². The van der Waals surface area contributed by atoms with E-state index in [1.807, 2.05) is 66.7 Å². The molecular formula is C35H34BrN3O5S. The quantitative estimate of drug-likeness (QED) is 0.0849. The predicted molar refractivity (Wildman–Crippen MR) is 178 cm³/mol. The van der Waals surface area contributed by atoms with E-state index in [-0.39, 0.29) is 13.0 Å². The average molecular weight is 689 g/mol. The van der Waals surface area contributed by atoms with Gasteiger partial charge in [-0.25, -0.2) is 22.9 Å². The molecule has 5 rings (SSSR count). The van der Waals surface area contributed by atoms with Crippen LogP contribution in [0.5, 0.6) is 0 Å². The number of rotatable bonds is 14. The molecule has 4 aromatic carbocycles. The molecule has 45 heavy (non-hydrogen) atoms. The normalized spacial score (nSPS) is 12.5. The summed E-state index contributed by atoms with van der Waals surface area (Å²) in [5.41, 5.74) is 4.08. The predicted octanol–water partition coefficient (Wildman–Crippen LogP) is 7.06. The molecule has 1 heterocycles. The molecule has 1 unspecified atom stereocenters. The fourth-order valence-corrected chi connectivity index (χ4v) is 7.08. The third-order valence-electron chi connectivity index (χ3n) is 7.66. The van der Waals surface area contributed by atoms with Crippen molar-refractivity contribution >= 4 is 32.1 Å². The highest BCUT2D eigenvalue weighted by molar-refractivity contribution is 9.10. The maximum Gasteiger partial charge on any atom is 0.506 e. The summed E-state index contributed by atoms with van der Waals surface area (Å²) in [6.45, 7) is 0.0956. The Morgan fingerprint density at radius 3 is 1.91 bits per heavy atom. The number of halogens is 1. The zero-order valence-electron chi connectivity index (χ0n) is 24.5. The molecule has 0 bridgehead atoms. The van der Waals surface area contributed by atoms with Gasteiger partial charge in [0.1, 0.15) is 23.1 Å². The second kappa shape index (κ2) is 14.7. The maximum absolute atomic E-state index is 12.8. The topological polar surface area (TPSA) is 121 Å². The highest BCUT2D eigenvalue weighted by atomic mass is 79.9. The zero-order chi connectivity index (χ0) is 31.7. The molecule has 8 nitrogen and oxygen atoms in total. The first-order valence-electron chi connectivity index (χ1n) is 14.6. The van der Waals surface area contributed by atoms with Gasteiger partial charge in [0, 0.05) is 22.9 Å². The van der Waals surface area contributed by atoms with E-state index in [1.54, 1.807) is 18.3 Å². The van der Waals surface area contributed by atoms with E-state index in [0.29, 0.717) is 12.8 Å². The number of sulfonamides is 1. The fourth-order valence-electron chi connectivity index (χ4n) is 5.59. The molecule has 0 spiro atoms. The van der Waals surface area contributed by atoms with Crippen LogP contribution in [0, 0.1) is 0 Å². The zero-order valence-corrected chi connectivity index (χ0v) is 26.9. The van der Waals surface area contributed by atoms with Crippen molar-refractivity contribution < 1.29 is 23.1 Å². The van der Waals surface area contributed by atoms with Gasteiger partial charge >= 0.3 is 6.16 Å². The third kappa shape index (κ3) is 8.08. The van der Waals surface area contributed by atoms with Gasteiger partial charge in [0.2, 0.25) is 10.0 Å². The van der Waals surface area contributed by atoms with Gasteiger partial charge < -0.3 is 14.8 Å². The van der Waals surface area contributed by atoms with Crippen LogP contribution in [0.25, 0.3) is 0 Å². The molecule has 1 atom stereocenters. The van der Waals surface area contributed by atoms with Crippen molar-refractivity contribution in [1.29, 1.82) is 0 Å². The Morgan fingerprint density at radius 1 is 0.867 bits per heavy atom. The monoisotopic (exact) mass is 687 g/mol. The van der Waals surface area contributed by atoms with E-state index in [9.17, 15) is 18.3 Å². The SMILES string of the molecule is O=C(O)OC(CCCc1cnc(C(c2ccccc2)(c2ccccc2)c2ccccc2)[nH]1)CS(=O)(=O)NCc1ccc(Br)cc1.